The quantitative estimate of drug-likeness (QED) is 0.311. The van der Waals surface area contributed by atoms with Gasteiger partial charge in [-0.15, -0.1) is 10.2 Å². The molecule has 1 aliphatic rings. The molecule has 0 aromatic carbocycles. The molecule has 3 N–H and O–H groups in total. The Bertz CT molecular complexity index is 1700. The summed E-state index contributed by atoms with van der Waals surface area (Å²) in [6.07, 6.45) is 3.82. The van der Waals surface area contributed by atoms with Crippen molar-refractivity contribution < 1.29 is 14.3 Å². The van der Waals surface area contributed by atoms with Crippen molar-refractivity contribution in [3.8, 4) is 28.0 Å². The molecule has 5 heterocycles. The minimum atomic E-state index is -0.868. The van der Waals surface area contributed by atoms with E-state index in [1.165, 1.54) is 17.5 Å². The summed E-state index contributed by atoms with van der Waals surface area (Å²) in [5.74, 6) is -0.260. The smallest absolute Gasteiger partial charge is 0.404 e. The molecule has 4 aromatic rings. The number of nitrogens with two attached hydrogens (primary N) is 1. The van der Waals surface area contributed by atoms with Gasteiger partial charge in [-0.2, -0.15) is 10.4 Å². The van der Waals surface area contributed by atoms with Gasteiger partial charge in [0.2, 0.25) is 5.01 Å². The number of likely N-dealkylation sites (tertiary alicyclic amines) is 1. The van der Waals surface area contributed by atoms with Crippen LogP contribution in [0.5, 0.6) is 0 Å². The summed E-state index contributed by atoms with van der Waals surface area (Å²) in [7, 11) is 0. The molecule has 0 aliphatic carbocycles. The van der Waals surface area contributed by atoms with E-state index in [-0.39, 0.29) is 29.0 Å². The molecule has 0 saturated carbocycles. The van der Waals surface area contributed by atoms with E-state index in [1.54, 1.807) is 21.7 Å². The Morgan fingerprint density at radius 3 is 2.71 bits per heavy atom. The van der Waals surface area contributed by atoms with Gasteiger partial charge in [0, 0.05) is 24.5 Å². The lowest BCUT2D eigenvalue weighted by Crippen LogP contribution is -2.59. The van der Waals surface area contributed by atoms with Crippen LogP contribution in [0, 0.1) is 16.7 Å². The topological polar surface area (TPSA) is 164 Å². The van der Waals surface area contributed by atoms with Crippen LogP contribution in [0.25, 0.3) is 27.5 Å². The number of fused-ring (bicyclic) bond motifs is 1. The maximum atomic E-state index is 13.8. The summed E-state index contributed by atoms with van der Waals surface area (Å²) in [6, 6.07) is 9.71. The van der Waals surface area contributed by atoms with E-state index in [2.05, 4.69) is 26.7 Å². The molecular weight excluding hydrogens is 554 g/mol. The average molecular weight is 588 g/mol. The number of rotatable bonds is 7. The lowest BCUT2D eigenvalue weighted by atomic mass is 9.72. The number of primary amides is 1. The van der Waals surface area contributed by atoms with Gasteiger partial charge in [0.25, 0.3) is 5.91 Å². The number of amides is 2. The summed E-state index contributed by atoms with van der Waals surface area (Å²) in [6.45, 7) is 10.7. The minimum absolute atomic E-state index is 0.0121. The second kappa shape index (κ2) is 11.0. The molecule has 0 spiro atoms. The molecule has 1 atom stereocenters. The second-order valence-corrected chi connectivity index (χ2v) is 12.7. The van der Waals surface area contributed by atoms with Gasteiger partial charge >= 0.3 is 6.09 Å². The molecule has 12 nitrogen and oxygen atoms in total. The number of hydrogen-bond acceptors (Lipinski definition) is 10. The van der Waals surface area contributed by atoms with Crippen LogP contribution in [-0.2, 0) is 4.74 Å². The van der Waals surface area contributed by atoms with Crippen molar-refractivity contribution in [2.24, 2.45) is 11.1 Å². The van der Waals surface area contributed by atoms with Crippen LogP contribution in [-0.4, -0.2) is 66.4 Å². The number of nitriles is 1. The molecule has 0 radical (unpaired) electrons. The van der Waals surface area contributed by atoms with E-state index >= 15 is 0 Å². The number of nitrogens with one attached hydrogen (secondary N) is 1. The van der Waals surface area contributed by atoms with E-state index < -0.39 is 11.6 Å². The summed E-state index contributed by atoms with van der Waals surface area (Å²) in [5.41, 5.74) is 8.40. The lowest BCUT2D eigenvalue weighted by molar-refractivity contribution is -0.0163. The molecule has 1 aliphatic heterocycles. The summed E-state index contributed by atoms with van der Waals surface area (Å²) in [5, 5.41) is 26.5. The molecule has 42 heavy (non-hydrogen) atoms. The highest BCUT2D eigenvalue weighted by molar-refractivity contribution is 7.16. The van der Waals surface area contributed by atoms with Crippen molar-refractivity contribution in [3.05, 3.63) is 47.2 Å². The first-order valence-corrected chi connectivity index (χ1v) is 14.5. The summed E-state index contributed by atoms with van der Waals surface area (Å²) >= 11 is 1.19. The van der Waals surface area contributed by atoms with Crippen LogP contribution in [0.15, 0.2) is 36.7 Å². The first kappa shape index (κ1) is 28.9. The van der Waals surface area contributed by atoms with Crippen LogP contribution in [0.1, 0.15) is 62.8 Å². The van der Waals surface area contributed by atoms with Gasteiger partial charge in [-0.1, -0.05) is 32.1 Å². The van der Waals surface area contributed by atoms with Crippen molar-refractivity contribution in [2.45, 2.75) is 59.0 Å². The molecule has 1 fully saturated rings. The van der Waals surface area contributed by atoms with E-state index in [4.69, 9.17) is 15.5 Å². The third kappa shape index (κ3) is 5.25. The number of carbonyl (C=O) groups is 2. The molecular formula is C29H33N9O3S. The first-order chi connectivity index (χ1) is 19.9. The maximum absolute atomic E-state index is 13.8. The van der Waals surface area contributed by atoms with Crippen molar-refractivity contribution in [3.63, 3.8) is 0 Å². The fourth-order valence-electron chi connectivity index (χ4n) is 5.50. The molecule has 0 unspecified atom stereocenters. The highest BCUT2D eigenvalue weighted by atomic mass is 32.1. The zero-order chi connectivity index (χ0) is 30.2. The number of hydrogen-bond donors (Lipinski definition) is 2. The van der Waals surface area contributed by atoms with Gasteiger partial charge in [0.05, 0.1) is 39.8 Å². The fourth-order valence-corrected chi connectivity index (χ4v) is 6.31. The second-order valence-electron chi connectivity index (χ2n) is 11.7. The van der Waals surface area contributed by atoms with Crippen molar-refractivity contribution in [1.82, 2.24) is 29.7 Å². The van der Waals surface area contributed by atoms with E-state index in [0.717, 1.165) is 23.3 Å². The van der Waals surface area contributed by atoms with Crippen LogP contribution >= 0.6 is 11.3 Å². The van der Waals surface area contributed by atoms with Gasteiger partial charge in [0.15, 0.2) is 5.01 Å². The van der Waals surface area contributed by atoms with E-state index in [0.29, 0.717) is 34.8 Å². The summed E-state index contributed by atoms with van der Waals surface area (Å²) in [4.78, 5) is 31.8. The number of pyridine rings is 1. The van der Waals surface area contributed by atoms with Crippen LogP contribution < -0.4 is 11.1 Å². The third-order valence-corrected chi connectivity index (χ3v) is 8.61. The monoisotopic (exact) mass is 587 g/mol. The molecule has 0 bridgehead atoms. The molecule has 1 saturated heterocycles. The fraction of sp³-hybridized carbons (Fsp3) is 0.414. The van der Waals surface area contributed by atoms with Crippen LogP contribution in [0.4, 0.5) is 10.5 Å². The molecule has 4 aromatic heterocycles. The highest BCUT2D eigenvalue weighted by Gasteiger charge is 2.53. The molecule has 13 heteroatoms. The maximum Gasteiger partial charge on any atom is 0.404 e. The zero-order valence-corrected chi connectivity index (χ0v) is 25.0. The highest BCUT2D eigenvalue weighted by Crippen LogP contribution is 2.45. The van der Waals surface area contributed by atoms with Gasteiger partial charge < -0.3 is 20.7 Å². The van der Waals surface area contributed by atoms with Gasteiger partial charge in [-0.3, -0.25) is 9.78 Å². The Morgan fingerprint density at radius 2 is 2.02 bits per heavy atom. The van der Waals surface area contributed by atoms with Gasteiger partial charge in [0.1, 0.15) is 12.7 Å². The first-order valence-electron chi connectivity index (χ1n) is 13.7. The van der Waals surface area contributed by atoms with E-state index in [9.17, 15) is 14.9 Å². The largest absolute Gasteiger partial charge is 0.447 e. The Hall–Kier alpha value is -4.57. The summed E-state index contributed by atoms with van der Waals surface area (Å²) < 4.78 is 6.99. The van der Waals surface area contributed by atoms with Crippen LogP contribution in [0.3, 0.4) is 0 Å². The van der Waals surface area contributed by atoms with E-state index in [1.807, 2.05) is 52.8 Å². The lowest BCUT2D eigenvalue weighted by Gasteiger charge is -2.47. The number of carbonyl (C=O) groups excluding carboxylic acids is 2. The Labute approximate surface area is 247 Å². The zero-order valence-electron chi connectivity index (χ0n) is 24.2. The molecule has 5 rings (SSSR count). The molecule has 218 valence electrons. The predicted octanol–water partition coefficient (Wildman–Crippen LogP) is 4.72. The van der Waals surface area contributed by atoms with Crippen molar-refractivity contribution in [2.75, 3.05) is 18.5 Å². The minimum Gasteiger partial charge on any atom is -0.447 e. The average Bonchev–Trinajstić information content (AvgIpc) is 3.69. The number of anilines is 1. The van der Waals surface area contributed by atoms with Crippen molar-refractivity contribution >= 4 is 34.5 Å². The van der Waals surface area contributed by atoms with Crippen molar-refractivity contribution in [1.29, 1.82) is 5.26 Å². The van der Waals surface area contributed by atoms with Gasteiger partial charge in [-0.25, -0.2) is 9.31 Å². The number of aromatic nitrogens is 5. The predicted molar refractivity (Wildman–Crippen MR) is 159 cm³/mol. The Morgan fingerprint density at radius 1 is 1.24 bits per heavy atom. The SMILES string of the molecule is CC(C)Nc1cc(-c2ccc3cc(C#N)cnn23)ncc1-c1nnc(C(=O)N2CCC[C@@]2(COC(N)=O)C(C)(C)C)s1. The van der Waals surface area contributed by atoms with Gasteiger partial charge in [-0.05, 0) is 56.4 Å². The van der Waals surface area contributed by atoms with Crippen LogP contribution in [0.2, 0.25) is 0 Å². The Balaban J connectivity index is 1.49. The standard InChI is InChI=1S/C29H33N9O3S/c1-17(2)34-21-12-22(23-8-7-19-11-18(13-30)14-33-38(19)23)32-15-20(21)24-35-36-25(42-24)26(39)37-10-6-9-29(37,28(3,4)5)16-41-27(31)40/h7-8,11-12,14-15,17H,6,9-10,16H2,1-5H3,(H2,31,40)(H,32,34)/t29-/m1/s1. The normalized spacial score (nSPS) is 17.0. The number of ether oxygens (including phenoxy) is 1. The Kier molecular flexibility index (Phi) is 7.59. The number of nitrogens with zero attached hydrogens (tertiary/aromatic N) is 7. The molecule has 2 amide bonds. The third-order valence-electron chi connectivity index (χ3n) is 7.66.